The zero-order valence-corrected chi connectivity index (χ0v) is 8.84. The van der Waals surface area contributed by atoms with Crippen LogP contribution in [0.2, 0.25) is 0 Å². The SMILES string of the molecule is CC(C)C(O)Cc1ccc(Br)o1. The predicted octanol–water partition coefficient (Wildman–Crippen LogP) is 2.60. The lowest BCUT2D eigenvalue weighted by Crippen LogP contribution is -2.17. The van der Waals surface area contributed by atoms with Gasteiger partial charge >= 0.3 is 0 Å². The summed E-state index contributed by atoms with van der Waals surface area (Å²) in [6.07, 6.45) is 0.270. The Kier molecular flexibility index (Phi) is 3.35. The fourth-order valence-corrected chi connectivity index (χ4v) is 1.24. The Bertz CT molecular complexity index is 242. The molecule has 3 heteroatoms. The summed E-state index contributed by atoms with van der Waals surface area (Å²) in [7, 11) is 0. The highest BCUT2D eigenvalue weighted by Gasteiger charge is 2.11. The molecular formula is C9H13BrO2. The van der Waals surface area contributed by atoms with Crippen LogP contribution in [0.15, 0.2) is 21.2 Å². The van der Waals surface area contributed by atoms with E-state index in [0.717, 1.165) is 5.76 Å². The summed E-state index contributed by atoms with van der Waals surface area (Å²) < 4.78 is 5.98. The molecule has 1 atom stereocenters. The average Bonchev–Trinajstić information content (AvgIpc) is 2.35. The van der Waals surface area contributed by atoms with Crippen molar-refractivity contribution in [3.63, 3.8) is 0 Å². The Labute approximate surface area is 80.7 Å². The molecule has 0 radical (unpaired) electrons. The molecule has 1 aromatic rings. The van der Waals surface area contributed by atoms with E-state index in [-0.39, 0.29) is 12.0 Å². The molecule has 0 saturated heterocycles. The van der Waals surface area contributed by atoms with Crippen molar-refractivity contribution in [2.75, 3.05) is 0 Å². The summed E-state index contributed by atoms with van der Waals surface area (Å²) in [6, 6.07) is 3.71. The molecule has 0 fully saturated rings. The van der Waals surface area contributed by atoms with E-state index >= 15 is 0 Å². The van der Waals surface area contributed by atoms with Crippen molar-refractivity contribution in [2.45, 2.75) is 26.4 Å². The zero-order valence-electron chi connectivity index (χ0n) is 7.25. The first-order chi connectivity index (χ1) is 5.59. The minimum atomic E-state index is -0.317. The number of hydrogen-bond acceptors (Lipinski definition) is 2. The van der Waals surface area contributed by atoms with Crippen LogP contribution in [0.4, 0.5) is 0 Å². The Morgan fingerprint density at radius 1 is 1.50 bits per heavy atom. The van der Waals surface area contributed by atoms with Crippen LogP contribution in [0.1, 0.15) is 19.6 Å². The van der Waals surface area contributed by atoms with Crippen LogP contribution in [0.3, 0.4) is 0 Å². The molecule has 12 heavy (non-hydrogen) atoms. The van der Waals surface area contributed by atoms with E-state index in [2.05, 4.69) is 15.9 Å². The van der Waals surface area contributed by atoms with Crippen LogP contribution in [0.25, 0.3) is 0 Å². The summed E-state index contributed by atoms with van der Waals surface area (Å²) in [5.74, 6) is 1.09. The maximum absolute atomic E-state index is 9.51. The molecule has 0 bridgehead atoms. The molecule has 0 amide bonds. The number of aliphatic hydroxyl groups is 1. The number of furan rings is 1. The predicted molar refractivity (Wildman–Crippen MR) is 51.0 cm³/mol. The molecule has 1 N–H and O–H groups in total. The topological polar surface area (TPSA) is 33.4 Å². The van der Waals surface area contributed by atoms with E-state index < -0.39 is 0 Å². The van der Waals surface area contributed by atoms with Gasteiger partial charge in [-0.2, -0.15) is 0 Å². The molecule has 2 nitrogen and oxygen atoms in total. The summed E-state index contributed by atoms with van der Waals surface area (Å²) in [5, 5.41) is 9.51. The third-order valence-electron chi connectivity index (χ3n) is 1.81. The van der Waals surface area contributed by atoms with Gasteiger partial charge in [0.25, 0.3) is 0 Å². The third-order valence-corrected chi connectivity index (χ3v) is 2.23. The van der Waals surface area contributed by atoms with Crippen LogP contribution in [-0.4, -0.2) is 11.2 Å². The summed E-state index contributed by atoms with van der Waals surface area (Å²) >= 11 is 3.21. The zero-order chi connectivity index (χ0) is 9.14. The minimum absolute atomic E-state index is 0.272. The first kappa shape index (κ1) is 9.81. The second-order valence-electron chi connectivity index (χ2n) is 3.22. The normalized spacial score (nSPS) is 13.8. The number of hydrogen-bond donors (Lipinski definition) is 1. The summed E-state index contributed by atoms with van der Waals surface area (Å²) in [4.78, 5) is 0. The Morgan fingerprint density at radius 3 is 2.58 bits per heavy atom. The van der Waals surface area contributed by atoms with Gasteiger partial charge in [-0.1, -0.05) is 13.8 Å². The first-order valence-corrected chi connectivity index (χ1v) is 4.81. The van der Waals surface area contributed by atoms with Crippen LogP contribution in [0.5, 0.6) is 0 Å². The van der Waals surface area contributed by atoms with Gasteiger partial charge < -0.3 is 9.52 Å². The minimum Gasteiger partial charge on any atom is -0.454 e. The molecule has 1 rings (SSSR count). The Morgan fingerprint density at radius 2 is 2.17 bits per heavy atom. The van der Waals surface area contributed by atoms with E-state index in [9.17, 15) is 5.11 Å². The third kappa shape index (κ3) is 2.64. The van der Waals surface area contributed by atoms with E-state index in [1.165, 1.54) is 0 Å². The van der Waals surface area contributed by atoms with Crippen molar-refractivity contribution in [1.82, 2.24) is 0 Å². The fourth-order valence-electron chi connectivity index (χ4n) is 0.903. The van der Waals surface area contributed by atoms with E-state index in [0.29, 0.717) is 11.1 Å². The lowest BCUT2D eigenvalue weighted by atomic mass is 10.0. The molecule has 0 aliphatic rings. The lowest BCUT2D eigenvalue weighted by Gasteiger charge is -2.11. The molecular weight excluding hydrogens is 220 g/mol. The Balaban J connectivity index is 2.52. The molecule has 1 heterocycles. The van der Waals surface area contributed by atoms with Gasteiger partial charge in [-0.05, 0) is 34.0 Å². The maximum Gasteiger partial charge on any atom is 0.169 e. The van der Waals surface area contributed by atoms with Gasteiger partial charge in [0.2, 0.25) is 0 Å². The van der Waals surface area contributed by atoms with Crippen molar-refractivity contribution in [1.29, 1.82) is 0 Å². The van der Waals surface area contributed by atoms with Crippen molar-refractivity contribution < 1.29 is 9.52 Å². The van der Waals surface area contributed by atoms with Gasteiger partial charge in [0.15, 0.2) is 4.67 Å². The van der Waals surface area contributed by atoms with Crippen molar-refractivity contribution in [2.24, 2.45) is 5.92 Å². The molecule has 0 aliphatic heterocycles. The van der Waals surface area contributed by atoms with Crippen molar-refractivity contribution >= 4 is 15.9 Å². The molecule has 68 valence electrons. The van der Waals surface area contributed by atoms with Gasteiger partial charge in [-0.25, -0.2) is 0 Å². The average molecular weight is 233 g/mol. The van der Waals surface area contributed by atoms with E-state index in [4.69, 9.17) is 4.42 Å². The largest absolute Gasteiger partial charge is 0.454 e. The van der Waals surface area contributed by atoms with Crippen molar-refractivity contribution in [3.8, 4) is 0 Å². The van der Waals surface area contributed by atoms with Gasteiger partial charge in [0.1, 0.15) is 5.76 Å². The molecule has 1 unspecified atom stereocenters. The molecule has 1 aromatic heterocycles. The quantitative estimate of drug-likeness (QED) is 0.870. The molecule has 0 saturated carbocycles. The number of rotatable bonds is 3. The standard InChI is InChI=1S/C9H13BrO2/c1-6(2)8(11)5-7-3-4-9(10)12-7/h3-4,6,8,11H,5H2,1-2H3. The van der Waals surface area contributed by atoms with Crippen LogP contribution >= 0.6 is 15.9 Å². The number of aliphatic hydroxyl groups excluding tert-OH is 1. The van der Waals surface area contributed by atoms with Crippen molar-refractivity contribution in [3.05, 3.63) is 22.6 Å². The maximum atomic E-state index is 9.51. The van der Waals surface area contributed by atoms with Crippen LogP contribution in [-0.2, 0) is 6.42 Å². The van der Waals surface area contributed by atoms with Crippen LogP contribution < -0.4 is 0 Å². The first-order valence-electron chi connectivity index (χ1n) is 4.02. The van der Waals surface area contributed by atoms with Gasteiger partial charge in [-0.15, -0.1) is 0 Å². The Hall–Kier alpha value is -0.280. The number of halogens is 1. The van der Waals surface area contributed by atoms with Gasteiger partial charge in [0, 0.05) is 6.42 Å². The monoisotopic (exact) mass is 232 g/mol. The highest BCUT2D eigenvalue weighted by atomic mass is 79.9. The van der Waals surface area contributed by atoms with E-state index in [1.54, 1.807) is 0 Å². The smallest absolute Gasteiger partial charge is 0.169 e. The van der Waals surface area contributed by atoms with Crippen LogP contribution in [0, 0.1) is 5.92 Å². The van der Waals surface area contributed by atoms with Gasteiger partial charge in [-0.3, -0.25) is 0 Å². The second-order valence-corrected chi connectivity index (χ2v) is 4.00. The highest BCUT2D eigenvalue weighted by molar-refractivity contribution is 9.10. The summed E-state index contributed by atoms with van der Waals surface area (Å²) in [6.45, 7) is 3.98. The van der Waals surface area contributed by atoms with E-state index in [1.807, 2.05) is 26.0 Å². The molecule has 0 spiro atoms. The highest BCUT2D eigenvalue weighted by Crippen LogP contribution is 2.17. The second kappa shape index (κ2) is 4.10. The fraction of sp³-hybridized carbons (Fsp3) is 0.556. The molecule has 0 aromatic carbocycles. The van der Waals surface area contributed by atoms with Gasteiger partial charge in [0.05, 0.1) is 6.10 Å². The summed E-state index contributed by atoms with van der Waals surface area (Å²) in [5.41, 5.74) is 0. The lowest BCUT2D eigenvalue weighted by molar-refractivity contribution is 0.119. The molecule has 0 aliphatic carbocycles.